The van der Waals surface area contributed by atoms with E-state index in [0.717, 1.165) is 24.1 Å². The van der Waals surface area contributed by atoms with Crippen LogP contribution >= 0.6 is 0 Å². The average Bonchev–Trinajstić information content (AvgIpc) is 3.11. The fourth-order valence-electron chi connectivity index (χ4n) is 3.86. The maximum Gasteiger partial charge on any atom is 0.408 e. The summed E-state index contributed by atoms with van der Waals surface area (Å²) in [4.78, 5) is 29.5. The Morgan fingerprint density at radius 2 is 1.77 bits per heavy atom. The molecular weight excluding hydrogens is 468 g/mol. The summed E-state index contributed by atoms with van der Waals surface area (Å²) in [6.45, 7) is 2.27. The van der Waals surface area contributed by atoms with E-state index in [2.05, 4.69) is 16.3 Å². The highest BCUT2D eigenvalue weighted by Gasteiger charge is 2.29. The molecule has 2 amide bonds. The van der Waals surface area contributed by atoms with Crippen molar-refractivity contribution >= 4 is 27.5 Å². The predicted molar refractivity (Wildman–Crippen MR) is 132 cm³/mol. The first-order chi connectivity index (χ1) is 16.7. The molecular formula is C25H30N4O5S. The van der Waals surface area contributed by atoms with E-state index in [-0.39, 0.29) is 24.7 Å². The van der Waals surface area contributed by atoms with E-state index in [1.807, 2.05) is 42.5 Å². The lowest BCUT2D eigenvalue weighted by Gasteiger charge is -2.27. The number of sulfone groups is 1. The molecule has 1 saturated heterocycles. The minimum Gasteiger partial charge on any atom is -0.445 e. The molecule has 3 rings (SSSR count). The van der Waals surface area contributed by atoms with Crippen LogP contribution < -0.4 is 10.2 Å². The third-order valence-electron chi connectivity index (χ3n) is 5.75. The largest absolute Gasteiger partial charge is 0.445 e. The van der Waals surface area contributed by atoms with Crippen LogP contribution in [0.2, 0.25) is 0 Å². The van der Waals surface area contributed by atoms with E-state index < -0.39 is 22.0 Å². The summed E-state index contributed by atoms with van der Waals surface area (Å²) in [5.41, 5.74) is 2.35. The molecule has 2 aromatic rings. The molecule has 1 N–H and O–H groups in total. The second-order valence-electron chi connectivity index (χ2n) is 8.50. The monoisotopic (exact) mass is 498 g/mol. The lowest BCUT2D eigenvalue weighted by molar-refractivity contribution is -0.133. The number of hydrogen-bond acceptors (Lipinski definition) is 7. The minimum absolute atomic E-state index is 0.0338. The first-order valence-corrected chi connectivity index (χ1v) is 13.5. The predicted octanol–water partition coefficient (Wildman–Crippen LogP) is 2.33. The number of nitrogens with one attached hydrogen (secondary N) is 1. The van der Waals surface area contributed by atoms with Gasteiger partial charge in [0.15, 0.2) is 0 Å². The average molecular weight is 499 g/mol. The van der Waals surface area contributed by atoms with Crippen molar-refractivity contribution in [2.75, 3.05) is 43.1 Å². The van der Waals surface area contributed by atoms with Gasteiger partial charge in [0.05, 0.1) is 17.4 Å². The fourth-order valence-corrected chi connectivity index (χ4v) is 4.52. The zero-order chi connectivity index (χ0) is 25.3. The van der Waals surface area contributed by atoms with Crippen LogP contribution in [0.4, 0.5) is 10.5 Å². The minimum atomic E-state index is -3.33. The number of rotatable bonds is 8. The molecule has 0 spiro atoms. The summed E-state index contributed by atoms with van der Waals surface area (Å²) in [6.07, 6.45) is 1.01. The van der Waals surface area contributed by atoms with Crippen molar-refractivity contribution in [2.45, 2.75) is 25.5 Å². The number of amides is 2. The maximum atomic E-state index is 13.3. The Kier molecular flexibility index (Phi) is 9.09. The Balaban J connectivity index is 1.63. The van der Waals surface area contributed by atoms with Gasteiger partial charge in [0.2, 0.25) is 5.91 Å². The normalized spacial score (nSPS) is 15.0. The lowest BCUT2D eigenvalue weighted by atomic mass is 10.2. The Bertz CT molecular complexity index is 1150. The van der Waals surface area contributed by atoms with Gasteiger partial charge in [-0.15, -0.1) is 0 Å². The van der Waals surface area contributed by atoms with Gasteiger partial charge in [-0.3, -0.25) is 4.79 Å². The van der Waals surface area contributed by atoms with Crippen LogP contribution in [0.3, 0.4) is 0 Å². The smallest absolute Gasteiger partial charge is 0.408 e. The summed E-state index contributed by atoms with van der Waals surface area (Å²) in [5.74, 6) is -0.555. The summed E-state index contributed by atoms with van der Waals surface area (Å²) < 4.78 is 28.7. The Labute approximate surface area is 206 Å². The molecule has 1 fully saturated rings. The van der Waals surface area contributed by atoms with E-state index in [4.69, 9.17) is 10.00 Å². The van der Waals surface area contributed by atoms with Crippen molar-refractivity contribution in [1.82, 2.24) is 10.2 Å². The maximum absolute atomic E-state index is 13.3. The summed E-state index contributed by atoms with van der Waals surface area (Å²) in [7, 11) is -3.33. The van der Waals surface area contributed by atoms with Gasteiger partial charge in [-0.2, -0.15) is 5.26 Å². The van der Waals surface area contributed by atoms with Crippen molar-refractivity contribution in [3.05, 3.63) is 65.7 Å². The molecule has 0 aromatic heterocycles. The third-order valence-corrected chi connectivity index (χ3v) is 6.73. The molecule has 1 aliphatic rings. The van der Waals surface area contributed by atoms with Gasteiger partial charge in [0.25, 0.3) is 0 Å². The first-order valence-electron chi connectivity index (χ1n) is 11.4. The lowest BCUT2D eigenvalue weighted by Crippen LogP contribution is -2.50. The quantitative estimate of drug-likeness (QED) is 0.593. The molecule has 1 heterocycles. The van der Waals surface area contributed by atoms with E-state index in [0.29, 0.717) is 31.6 Å². The van der Waals surface area contributed by atoms with Gasteiger partial charge in [0.1, 0.15) is 22.5 Å². The number of carbonyl (C=O) groups excluding carboxylic acids is 2. The van der Waals surface area contributed by atoms with Crippen LogP contribution in [0.5, 0.6) is 0 Å². The first kappa shape index (κ1) is 26.0. The van der Waals surface area contributed by atoms with Crippen molar-refractivity contribution in [3.8, 4) is 6.07 Å². The van der Waals surface area contributed by atoms with Crippen molar-refractivity contribution < 1.29 is 22.7 Å². The second-order valence-corrected chi connectivity index (χ2v) is 10.8. The van der Waals surface area contributed by atoms with Crippen molar-refractivity contribution in [3.63, 3.8) is 0 Å². The molecule has 186 valence electrons. The SMILES string of the molecule is CS(=O)(=O)CCC(NC(=O)OCc1ccccc1)C(=O)N1CCCN(c2ccc(C#N)cc2)CC1. The number of benzene rings is 2. The summed E-state index contributed by atoms with van der Waals surface area (Å²) in [6, 6.07) is 17.5. The van der Waals surface area contributed by atoms with E-state index in [1.54, 1.807) is 17.0 Å². The molecule has 0 bridgehead atoms. The van der Waals surface area contributed by atoms with Gasteiger partial charge >= 0.3 is 6.09 Å². The van der Waals surface area contributed by atoms with Gasteiger partial charge in [-0.25, -0.2) is 13.2 Å². The molecule has 1 atom stereocenters. The van der Waals surface area contributed by atoms with Crippen LogP contribution in [0.15, 0.2) is 54.6 Å². The Morgan fingerprint density at radius 1 is 1.06 bits per heavy atom. The van der Waals surface area contributed by atoms with Crippen LogP contribution in [0.1, 0.15) is 24.0 Å². The molecule has 0 aliphatic carbocycles. The van der Waals surface area contributed by atoms with Crippen molar-refractivity contribution in [2.24, 2.45) is 0 Å². The fraction of sp³-hybridized carbons (Fsp3) is 0.400. The van der Waals surface area contributed by atoms with E-state index in [9.17, 15) is 18.0 Å². The third kappa shape index (κ3) is 8.30. The highest BCUT2D eigenvalue weighted by atomic mass is 32.2. The van der Waals surface area contributed by atoms with Crippen LogP contribution in [0.25, 0.3) is 0 Å². The van der Waals surface area contributed by atoms with E-state index >= 15 is 0 Å². The molecule has 0 saturated carbocycles. The molecule has 1 aliphatic heterocycles. The summed E-state index contributed by atoms with van der Waals surface area (Å²) >= 11 is 0. The summed E-state index contributed by atoms with van der Waals surface area (Å²) in [5, 5.41) is 11.6. The number of ether oxygens (including phenoxy) is 1. The highest BCUT2D eigenvalue weighted by molar-refractivity contribution is 7.90. The number of nitrogens with zero attached hydrogens (tertiary/aromatic N) is 3. The molecule has 35 heavy (non-hydrogen) atoms. The van der Waals surface area contributed by atoms with Crippen LogP contribution in [-0.2, 0) is 26.0 Å². The van der Waals surface area contributed by atoms with Crippen LogP contribution in [-0.4, -0.2) is 69.5 Å². The second kappa shape index (κ2) is 12.2. The Morgan fingerprint density at radius 3 is 2.43 bits per heavy atom. The van der Waals surface area contributed by atoms with Gasteiger partial charge in [-0.1, -0.05) is 30.3 Å². The molecule has 2 aromatic carbocycles. The number of anilines is 1. The molecule has 0 radical (unpaired) electrons. The van der Waals surface area contributed by atoms with Crippen LogP contribution in [0, 0.1) is 11.3 Å². The molecule has 9 nitrogen and oxygen atoms in total. The number of carbonyl (C=O) groups is 2. The highest BCUT2D eigenvalue weighted by Crippen LogP contribution is 2.18. The van der Waals surface area contributed by atoms with Gasteiger partial charge in [0, 0.05) is 38.1 Å². The van der Waals surface area contributed by atoms with Crippen molar-refractivity contribution in [1.29, 1.82) is 5.26 Å². The standard InChI is InChI=1S/C25H30N4O5S/c1-35(32,33)17-12-23(27-25(31)34-19-21-6-3-2-4-7-21)24(30)29-14-5-13-28(15-16-29)22-10-8-20(18-26)9-11-22/h2-4,6-11,23H,5,12-17,19H2,1H3,(H,27,31). The van der Waals surface area contributed by atoms with Gasteiger partial charge in [-0.05, 0) is 42.7 Å². The number of alkyl carbamates (subject to hydrolysis) is 1. The van der Waals surface area contributed by atoms with E-state index in [1.165, 1.54) is 0 Å². The molecule has 1 unspecified atom stereocenters. The zero-order valence-corrected chi connectivity index (χ0v) is 20.5. The number of hydrogen-bond donors (Lipinski definition) is 1. The molecule has 10 heteroatoms. The Hall–Kier alpha value is -3.58. The number of nitriles is 1. The topological polar surface area (TPSA) is 120 Å². The zero-order valence-electron chi connectivity index (χ0n) is 19.7. The van der Waals surface area contributed by atoms with Gasteiger partial charge < -0.3 is 19.9 Å².